The van der Waals surface area contributed by atoms with Crippen LogP contribution in [0.25, 0.3) is 10.4 Å². The van der Waals surface area contributed by atoms with E-state index in [9.17, 15) is 10.1 Å². The third kappa shape index (κ3) is 2.99. The Kier molecular flexibility index (Phi) is 3.88. The second-order valence-corrected chi connectivity index (χ2v) is 5.59. The van der Waals surface area contributed by atoms with E-state index >= 15 is 0 Å². The van der Waals surface area contributed by atoms with Gasteiger partial charge in [-0.25, -0.2) is 0 Å². The summed E-state index contributed by atoms with van der Waals surface area (Å²) in [5.41, 5.74) is 1.51. The number of benzene rings is 1. The van der Waals surface area contributed by atoms with Gasteiger partial charge in [0, 0.05) is 28.6 Å². The summed E-state index contributed by atoms with van der Waals surface area (Å²) in [6, 6.07) is 10.1. The van der Waals surface area contributed by atoms with E-state index in [0.29, 0.717) is 17.1 Å². The molecule has 0 bridgehead atoms. The van der Waals surface area contributed by atoms with Crippen LogP contribution >= 0.6 is 11.3 Å². The minimum Gasteiger partial charge on any atom is -0.485 e. The van der Waals surface area contributed by atoms with Crippen molar-refractivity contribution in [3.8, 4) is 16.2 Å². The van der Waals surface area contributed by atoms with E-state index < -0.39 is 4.92 Å². The van der Waals surface area contributed by atoms with Crippen molar-refractivity contribution in [3.05, 3.63) is 63.3 Å². The van der Waals surface area contributed by atoms with Crippen LogP contribution in [0.5, 0.6) is 5.75 Å². The fraction of sp³-hybridized carbons (Fsp3) is 0.133. The first kappa shape index (κ1) is 14.3. The molecule has 0 atom stereocenters. The number of nitro groups is 1. The molecule has 22 heavy (non-hydrogen) atoms. The van der Waals surface area contributed by atoms with Crippen molar-refractivity contribution in [3.63, 3.8) is 0 Å². The molecule has 0 saturated heterocycles. The maximum absolute atomic E-state index is 11.0. The van der Waals surface area contributed by atoms with Crippen LogP contribution in [0.2, 0.25) is 0 Å². The van der Waals surface area contributed by atoms with E-state index in [4.69, 9.17) is 9.26 Å². The minimum absolute atomic E-state index is 0.0336. The second kappa shape index (κ2) is 5.98. The van der Waals surface area contributed by atoms with Crippen LogP contribution in [0.3, 0.4) is 0 Å². The van der Waals surface area contributed by atoms with Crippen molar-refractivity contribution in [2.45, 2.75) is 13.5 Å². The molecule has 0 N–H and O–H groups in total. The lowest BCUT2D eigenvalue weighted by atomic mass is 10.1. The Hall–Kier alpha value is -2.67. The van der Waals surface area contributed by atoms with Crippen molar-refractivity contribution >= 4 is 17.0 Å². The van der Waals surface area contributed by atoms with E-state index in [1.54, 1.807) is 12.1 Å². The highest BCUT2D eigenvalue weighted by atomic mass is 32.1. The molecular weight excluding hydrogens is 304 g/mol. The topological polar surface area (TPSA) is 78.4 Å². The highest BCUT2D eigenvalue weighted by Crippen LogP contribution is 2.36. The van der Waals surface area contributed by atoms with E-state index in [1.165, 1.54) is 23.5 Å². The van der Waals surface area contributed by atoms with Gasteiger partial charge in [0.25, 0.3) is 5.69 Å². The lowest BCUT2D eigenvalue weighted by Gasteiger charge is -2.09. The Morgan fingerprint density at radius 1 is 1.36 bits per heavy atom. The summed E-state index contributed by atoms with van der Waals surface area (Å²) in [5.74, 6) is 1.18. The molecule has 0 aliphatic heterocycles. The Morgan fingerprint density at radius 3 is 2.86 bits per heavy atom. The summed E-state index contributed by atoms with van der Waals surface area (Å²) < 4.78 is 10.8. The highest BCUT2D eigenvalue weighted by Gasteiger charge is 2.15. The predicted octanol–water partition coefficient (Wildman–Crippen LogP) is 4.20. The lowest BCUT2D eigenvalue weighted by molar-refractivity contribution is -0.384. The van der Waals surface area contributed by atoms with Crippen LogP contribution in [0.15, 0.2) is 46.3 Å². The van der Waals surface area contributed by atoms with Gasteiger partial charge in [0.2, 0.25) is 0 Å². The molecular formula is C15H12N2O4S. The van der Waals surface area contributed by atoms with Crippen molar-refractivity contribution in [2.24, 2.45) is 0 Å². The number of ether oxygens (including phenoxy) is 1. The molecule has 112 valence electrons. The molecule has 0 saturated carbocycles. The molecule has 3 aromatic rings. The van der Waals surface area contributed by atoms with Gasteiger partial charge in [-0.15, -0.1) is 11.3 Å². The molecule has 0 aliphatic carbocycles. The van der Waals surface area contributed by atoms with Gasteiger partial charge in [0.05, 0.1) is 10.6 Å². The summed E-state index contributed by atoms with van der Waals surface area (Å²) in [5, 5.41) is 16.7. The molecule has 6 nitrogen and oxygen atoms in total. The fourth-order valence-electron chi connectivity index (χ4n) is 2.01. The average Bonchev–Trinajstić information content (AvgIpc) is 3.16. The Bertz CT molecular complexity index is 796. The van der Waals surface area contributed by atoms with Crippen molar-refractivity contribution in [1.29, 1.82) is 0 Å². The molecule has 2 heterocycles. The van der Waals surface area contributed by atoms with Crippen molar-refractivity contribution in [2.75, 3.05) is 0 Å². The standard InChI is InChI=1S/C15H12N2O4S/c1-10-7-12(21-16-10)9-20-14-5-4-11(17(18)19)8-13(14)15-3-2-6-22-15/h2-8H,9H2,1H3. The quantitative estimate of drug-likeness (QED) is 0.520. The number of nitrogens with zero attached hydrogens (tertiary/aromatic N) is 2. The highest BCUT2D eigenvalue weighted by molar-refractivity contribution is 7.13. The van der Waals surface area contributed by atoms with E-state index in [2.05, 4.69) is 5.16 Å². The zero-order chi connectivity index (χ0) is 15.5. The molecule has 7 heteroatoms. The number of aromatic nitrogens is 1. The largest absolute Gasteiger partial charge is 0.485 e. The zero-order valence-corrected chi connectivity index (χ0v) is 12.5. The smallest absolute Gasteiger partial charge is 0.270 e. The molecule has 2 aromatic heterocycles. The summed E-state index contributed by atoms with van der Waals surface area (Å²) in [7, 11) is 0. The van der Waals surface area contributed by atoms with Crippen LogP contribution < -0.4 is 4.74 Å². The predicted molar refractivity (Wildman–Crippen MR) is 82.0 cm³/mol. The summed E-state index contributed by atoms with van der Waals surface area (Å²) in [6.45, 7) is 2.05. The van der Waals surface area contributed by atoms with E-state index in [1.807, 2.05) is 24.4 Å². The zero-order valence-electron chi connectivity index (χ0n) is 11.7. The number of nitro benzene ring substituents is 1. The SMILES string of the molecule is Cc1cc(COc2ccc([N+](=O)[O-])cc2-c2cccs2)on1. The monoisotopic (exact) mass is 316 g/mol. The molecule has 0 unspecified atom stereocenters. The molecule has 3 rings (SSSR count). The van der Waals surface area contributed by atoms with E-state index in [0.717, 1.165) is 10.6 Å². The Morgan fingerprint density at radius 2 is 2.23 bits per heavy atom. The van der Waals surface area contributed by atoms with Gasteiger partial charge < -0.3 is 9.26 Å². The van der Waals surface area contributed by atoms with Crippen molar-refractivity contribution < 1.29 is 14.2 Å². The average molecular weight is 316 g/mol. The first-order chi connectivity index (χ1) is 10.6. The number of thiophene rings is 1. The van der Waals surface area contributed by atoms with Crippen LogP contribution in [-0.2, 0) is 6.61 Å². The van der Waals surface area contributed by atoms with E-state index in [-0.39, 0.29) is 12.3 Å². The first-order valence-corrected chi connectivity index (χ1v) is 7.39. The summed E-state index contributed by atoms with van der Waals surface area (Å²) in [4.78, 5) is 11.5. The van der Waals surface area contributed by atoms with Gasteiger partial charge in [-0.2, -0.15) is 0 Å². The van der Waals surface area contributed by atoms with Gasteiger partial charge in [0.15, 0.2) is 5.76 Å². The van der Waals surface area contributed by atoms with Crippen LogP contribution in [0, 0.1) is 17.0 Å². The number of non-ortho nitro benzene ring substituents is 1. The molecule has 0 spiro atoms. The molecule has 0 fully saturated rings. The maximum Gasteiger partial charge on any atom is 0.270 e. The first-order valence-electron chi connectivity index (χ1n) is 6.51. The third-order valence-corrected chi connectivity index (χ3v) is 3.91. The van der Waals surface area contributed by atoms with Gasteiger partial charge in [-0.1, -0.05) is 11.2 Å². The fourth-order valence-corrected chi connectivity index (χ4v) is 2.76. The van der Waals surface area contributed by atoms with Crippen LogP contribution in [0.1, 0.15) is 11.5 Å². The lowest BCUT2D eigenvalue weighted by Crippen LogP contribution is -1.97. The van der Waals surface area contributed by atoms with Crippen LogP contribution in [0.4, 0.5) is 5.69 Å². The Balaban J connectivity index is 1.90. The maximum atomic E-state index is 11.0. The minimum atomic E-state index is -0.416. The van der Waals surface area contributed by atoms with Crippen LogP contribution in [-0.4, -0.2) is 10.1 Å². The second-order valence-electron chi connectivity index (χ2n) is 4.64. The normalized spacial score (nSPS) is 10.6. The molecule has 0 amide bonds. The third-order valence-electron chi connectivity index (χ3n) is 3.01. The van der Waals surface area contributed by atoms with Gasteiger partial charge in [0.1, 0.15) is 12.4 Å². The van der Waals surface area contributed by atoms with Crippen molar-refractivity contribution in [1.82, 2.24) is 5.16 Å². The Labute approximate surface area is 130 Å². The number of hydrogen-bond acceptors (Lipinski definition) is 6. The molecule has 1 aromatic carbocycles. The summed E-state index contributed by atoms with van der Waals surface area (Å²) >= 11 is 1.50. The van der Waals surface area contributed by atoms with Gasteiger partial charge in [-0.05, 0) is 24.4 Å². The summed E-state index contributed by atoms with van der Waals surface area (Å²) in [6.07, 6.45) is 0. The molecule has 0 aliphatic rings. The molecule has 0 radical (unpaired) electrons. The van der Waals surface area contributed by atoms with Gasteiger partial charge in [-0.3, -0.25) is 10.1 Å². The number of hydrogen-bond donors (Lipinski definition) is 0. The van der Waals surface area contributed by atoms with Gasteiger partial charge >= 0.3 is 0 Å². The number of aryl methyl sites for hydroxylation is 1. The number of rotatable bonds is 5.